The summed E-state index contributed by atoms with van der Waals surface area (Å²) in [5, 5.41) is 3.62. The predicted octanol–water partition coefficient (Wildman–Crippen LogP) is 2.61. The van der Waals surface area contributed by atoms with Crippen LogP contribution in [0.4, 0.5) is 4.39 Å². The van der Waals surface area contributed by atoms with Crippen molar-refractivity contribution in [1.29, 1.82) is 0 Å². The van der Waals surface area contributed by atoms with Crippen molar-refractivity contribution in [3.05, 3.63) is 0 Å². The SMILES string of the molecule is FC1CC2CCC(N2)C1C1CCSCC1. The number of halogens is 1. The van der Waals surface area contributed by atoms with Gasteiger partial charge in [-0.3, -0.25) is 0 Å². The Hall–Kier alpha value is 0.240. The summed E-state index contributed by atoms with van der Waals surface area (Å²) in [5.41, 5.74) is 0. The summed E-state index contributed by atoms with van der Waals surface area (Å²) < 4.78 is 14.1. The highest BCUT2D eigenvalue weighted by atomic mass is 32.2. The summed E-state index contributed by atoms with van der Waals surface area (Å²) in [6, 6.07) is 1.01. The third-order valence-corrected chi connectivity index (χ3v) is 5.53. The maximum absolute atomic E-state index is 14.1. The molecule has 2 bridgehead atoms. The van der Waals surface area contributed by atoms with Crippen LogP contribution in [0.15, 0.2) is 0 Å². The smallest absolute Gasteiger partial charge is 0.106 e. The number of fused-ring (bicyclic) bond motifs is 2. The summed E-state index contributed by atoms with van der Waals surface area (Å²) in [6.45, 7) is 0. The van der Waals surface area contributed by atoms with Gasteiger partial charge in [-0.05, 0) is 49.5 Å². The Morgan fingerprint density at radius 2 is 1.87 bits per heavy atom. The topological polar surface area (TPSA) is 12.0 Å². The zero-order valence-corrected chi connectivity index (χ0v) is 9.94. The molecule has 0 amide bonds. The second-order valence-corrected chi connectivity index (χ2v) is 6.55. The van der Waals surface area contributed by atoms with E-state index in [1.165, 1.54) is 37.2 Å². The molecular formula is C12H20FNS. The summed E-state index contributed by atoms with van der Waals surface area (Å²) >= 11 is 2.04. The van der Waals surface area contributed by atoms with Gasteiger partial charge < -0.3 is 5.32 Å². The molecule has 3 heteroatoms. The lowest BCUT2D eigenvalue weighted by atomic mass is 9.77. The van der Waals surface area contributed by atoms with E-state index in [1.807, 2.05) is 11.8 Å². The van der Waals surface area contributed by atoms with Crippen molar-refractivity contribution in [2.75, 3.05) is 11.5 Å². The first kappa shape index (κ1) is 10.4. The monoisotopic (exact) mass is 229 g/mol. The van der Waals surface area contributed by atoms with Gasteiger partial charge in [-0.15, -0.1) is 0 Å². The molecule has 3 fully saturated rings. The molecule has 4 unspecified atom stereocenters. The second kappa shape index (κ2) is 4.25. The Bertz CT molecular complexity index is 230. The molecule has 0 aliphatic carbocycles. The Morgan fingerprint density at radius 1 is 1.07 bits per heavy atom. The molecule has 0 aromatic rings. The van der Waals surface area contributed by atoms with Gasteiger partial charge in [0, 0.05) is 18.0 Å². The molecule has 0 radical (unpaired) electrons. The first-order chi connectivity index (χ1) is 7.34. The van der Waals surface area contributed by atoms with E-state index in [2.05, 4.69) is 5.32 Å². The van der Waals surface area contributed by atoms with E-state index in [-0.39, 0.29) is 0 Å². The van der Waals surface area contributed by atoms with Crippen molar-refractivity contribution in [3.8, 4) is 0 Å². The van der Waals surface area contributed by atoms with E-state index < -0.39 is 6.17 Å². The fourth-order valence-corrected chi connectivity index (χ4v) is 4.89. The quantitative estimate of drug-likeness (QED) is 0.742. The minimum Gasteiger partial charge on any atom is -0.311 e. The number of thioether (sulfide) groups is 1. The molecule has 0 spiro atoms. The van der Waals surface area contributed by atoms with Crippen molar-refractivity contribution in [2.24, 2.45) is 11.8 Å². The van der Waals surface area contributed by atoms with Crippen LogP contribution in [0.5, 0.6) is 0 Å². The van der Waals surface area contributed by atoms with Gasteiger partial charge in [0.05, 0.1) is 0 Å². The fourth-order valence-electron chi connectivity index (χ4n) is 3.75. The van der Waals surface area contributed by atoms with Gasteiger partial charge in [0.25, 0.3) is 0 Å². The van der Waals surface area contributed by atoms with E-state index in [0.717, 1.165) is 6.42 Å². The lowest BCUT2D eigenvalue weighted by Gasteiger charge is -2.40. The fraction of sp³-hybridized carbons (Fsp3) is 1.00. The summed E-state index contributed by atoms with van der Waals surface area (Å²) in [5.74, 6) is 3.51. The number of piperidine rings is 1. The highest BCUT2D eigenvalue weighted by Gasteiger charge is 2.45. The number of alkyl halides is 1. The number of rotatable bonds is 1. The van der Waals surface area contributed by atoms with Crippen LogP contribution < -0.4 is 5.32 Å². The molecule has 3 saturated heterocycles. The molecule has 0 aromatic heterocycles. The van der Waals surface area contributed by atoms with Gasteiger partial charge in [0.1, 0.15) is 6.17 Å². The van der Waals surface area contributed by atoms with Crippen LogP contribution in [-0.2, 0) is 0 Å². The normalized spacial score (nSPS) is 47.0. The Balaban J connectivity index is 1.71. The molecule has 4 atom stereocenters. The van der Waals surface area contributed by atoms with Crippen LogP contribution in [0.25, 0.3) is 0 Å². The summed E-state index contributed by atoms with van der Waals surface area (Å²) in [6.07, 6.45) is 5.20. The average Bonchev–Trinajstić information content (AvgIpc) is 2.62. The van der Waals surface area contributed by atoms with E-state index in [1.54, 1.807) is 0 Å². The van der Waals surface area contributed by atoms with Gasteiger partial charge >= 0.3 is 0 Å². The minimum absolute atomic E-state index is 0.338. The Labute approximate surface area is 95.6 Å². The van der Waals surface area contributed by atoms with Gasteiger partial charge in [-0.1, -0.05) is 0 Å². The minimum atomic E-state index is -0.517. The number of hydrogen-bond donors (Lipinski definition) is 1. The summed E-state index contributed by atoms with van der Waals surface area (Å²) in [7, 11) is 0. The molecule has 3 aliphatic heterocycles. The van der Waals surface area contributed by atoms with Crippen molar-refractivity contribution in [1.82, 2.24) is 5.32 Å². The molecule has 1 nitrogen and oxygen atoms in total. The van der Waals surface area contributed by atoms with Gasteiger partial charge in [-0.25, -0.2) is 4.39 Å². The second-order valence-electron chi connectivity index (χ2n) is 5.33. The molecule has 0 saturated carbocycles. The van der Waals surface area contributed by atoms with Crippen LogP contribution in [0.1, 0.15) is 32.1 Å². The number of nitrogens with one attached hydrogen (secondary N) is 1. The lowest BCUT2D eigenvalue weighted by Crippen LogP contribution is -2.50. The van der Waals surface area contributed by atoms with Crippen LogP contribution in [-0.4, -0.2) is 29.8 Å². The standard InChI is InChI=1S/C12H20FNS/c13-10-7-9-1-2-11(14-9)12(10)8-3-5-15-6-4-8/h8-12,14H,1-7H2. The molecule has 3 rings (SSSR count). The van der Waals surface area contributed by atoms with E-state index in [4.69, 9.17) is 0 Å². The Morgan fingerprint density at radius 3 is 2.67 bits per heavy atom. The van der Waals surface area contributed by atoms with Gasteiger partial charge in [-0.2, -0.15) is 11.8 Å². The predicted molar refractivity (Wildman–Crippen MR) is 63.0 cm³/mol. The molecule has 15 heavy (non-hydrogen) atoms. The highest BCUT2D eigenvalue weighted by molar-refractivity contribution is 7.99. The highest BCUT2D eigenvalue weighted by Crippen LogP contribution is 2.41. The van der Waals surface area contributed by atoms with E-state index in [9.17, 15) is 4.39 Å². The molecule has 3 heterocycles. The largest absolute Gasteiger partial charge is 0.311 e. The molecule has 86 valence electrons. The first-order valence-electron chi connectivity index (χ1n) is 6.32. The molecule has 1 N–H and O–H groups in total. The zero-order chi connectivity index (χ0) is 10.3. The van der Waals surface area contributed by atoms with Crippen molar-refractivity contribution < 1.29 is 4.39 Å². The maximum Gasteiger partial charge on any atom is 0.106 e. The van der Waals surface area contributed by atoms with Crippen LogP contribution >= 0.6 is 11.8 Å². The molecular weight excluding hydrogens is 209 g/mol. The zero-order valence-electron chi connectivity index (χ0n) is 9.12. The number of hydrogen-bond acceptors (Lipinski definition) is 2. The van der Waals surface area contributed by atoms with Crippen molar-refractivity contribution in [2.45, 2.75) is 50.4 Å². The summed E-state index contributed by atoms with van der Waals surface area (Å²) in [4.78, 5) is 0. The lowest BCUT2D eigenvalue weighted by molar-refractivity contribution is 0.0832. The molecule has 0 aromatic carbocycles. The third-order valence-electron chi connectivity index (χ3n) is 4.48. The van der Waals surface area contributed by atoms with E-state index >= 15 is 0 Å². The average molecular weight is 229 g/mol. The van der Waals surface area contributed by atoms with Gasteiger partial charge in [0.15, 0.2) is 0 Å². The van der Waals surface area contributed by atoms with E-state index in [0.29, 0.717) is 23.9 Å². The maximum atomic E-state index is 14.1. The molecule has 3 aliphatic rings. The van der Waals surface area contributed by atoms with Gasteiger partial charge in [0.2, 0.25) is 0 Å². The van der Waals surface area contributed by atoms with Crippen LogP contribution in [0.2, 0.25) is 0 Å². The first-order valence-corrected chi connectivity index (χ1v) is 7.48. The van der Waals surface area contributed by atoms with Crippen LogP contribution in [0, 0.1) is 11.8 Å². The van der Waals surface area contributed by atoms with Crippen molar-refractivity contribution >= 4 is 11.8 Å². The third kappa shape index (κ3) is 1.93. The Kier molecular flexibility index (Phi) is 2.94. The van der Waals surface area contributed by atoms with Crippen molar-refractivity contribution in [3.63, 3.8) is 0 Å². The van der Waals surface area contributed by atoms with Crippen LogP contribution in [0.3, 0.4) is 0 Å².